The largest absolute Gasteiger partial charge is 0.462 e. The highest BCUT2D eigenvalue weighted by atomic mass is 32.1. The molecule has 0 saturated carbocycles. The van der Waals surface area contributed by atoms with Gasteiger partial charge in [-0.2, -0.15) is 0 Å². The zero-order valence-corrected chi connectivity index (χ0v) is 16.1. The van der Waals surface area contributed by atoms with E-state index in [0.717, 1.165) is 21.6 Å². The molecule has 2 aromatic rings. The highest BCUT2D eigenvalue weighted by Gasteiger charge is 2.23. The van der Waals surface area contributed by atoms with Gasteiger partial charge in [0.05, 0.1) is 22.8 Å². The molecule has 0 aromatic carbocycles. The van der Waals surface area contributed by atoms with Crippen LogP contribution in [0.4, 0.5) is 10.7 Å². The van der Waals surface area contributed by atoms with E-state index in [-0.39, 0.29) is 23.6 Å². The Morgan fingerprint density at radius 3 is 2.56 bits per heavy atom. The summed E-state index contributed by atoms with van der Waals surface area (Å²) in [6.45, 7) is 6.43. The number of ether oxygens (including phenoxy) is 1. The van der Waals surface area contributed by atoms with E-state index in [9.17, 15) is 24.5 Å². The first kappa shape index (κ1) is 20.3. The van der Waals surface area contributed by atoms with Crippen LogP contribution in [0.15, 0.2) is 16.9 Å². The summed E-state index contributed by atoms with van der Waals surface area (Å²) in [5.41, 5.74) is 0.273. The number of pyridine rings is 1. The Morgan fingerprint density at radius 2 is 1.96 bits per heavy atom. The first-order valence-corrected chi connectivity index (χ1v) is 8.90. The van der Waals surface area contributed by atoms with Gasteiger partial charge in [0.15, 0.2) is 0 Å². The van der Waals surface area contributed by atoms with E-state index in [0.29, 0.717) is 10.6 Å². The molecule has 10 heteroatoms. The Kier molecular flexibility index (Phi) is 6.11. The molecular formula is C17H19N3O6S. The van der Waals surface area contributed by atoms with Crippen molar-refractivity contribution < 1.29 is 19.2 Å². The number of esters is 1. The fraction of sp³-hybridized carbons (Fsp3) is 0.353. The van der Waals surface area contributed by atoms with Crippen molar-refractivity contribution in [3.05, 3.63) is 54.3 Å². The van der Waals surface area contributed by atoms with Gasteiger partial charge in [0.2, 0.25) is 5.91 Å². The molecule has 0 bridgehead atoms. The Labute approximate surface area is 158 Å². The van der Waals surface area contributed by atoms with Crippen LogP contribution in [0.2, 0.25) is 0 Å². The summed E-state index contributed by atoms with van der Waals surface area (Å²) in [5.74, 6) is -1.12. The zero-order chi connectivity index (χ0) is 20.3. The summed E-state index contributed by atoms with van der Waals surface area (Å²) in [4.78, 5) is 47.9. The van der Waals surface area contributed by atoms with Crippen molar-refractivity contribution in [2.24, 2.45) is 0 Å². The minimum atomic E-state index is -0.617. The molecule has 0 radical (unpaired) electrons. The fourth-order valence-electron chi connectivity index (χ4n) is 2.53. The van der Waals surface area contributed by atoms with E-state index in [1.807, 2.05) is 6.92 Å². The van der Waals surface area contributed by atoms with Crippen LogP contribution in [-0.4, -0.2) is 28.0 Å². The molecule has 0 spiro atoms. The summed E-state index contributed by atoms with van der Waals surface area (Å²) < 4.78 is 6.05. The molecule has 9 nitrogen and oxygen atoms in total. The van der Waals surface area contributed by atoms with Crippen LogP contribution in [0.5, 0.6) is 0 Å². The van der Waals surface area contributed by atoms with E-state index >= 15 is 0 Å². The lowest BCUT2D eigenvalue weighted by Gasteiger charge is -2.11. The first-order chi connectivity index (χ1) is 12.7. The predicted octanol–water partition coefficient (Wildman–Crippen LogP) is 2.56. The third-order valence-corrected chi connectivity index (χ3v) is 5.16. The van der Waals surface area contributed by atoms with Gasteiger partial charge in [-0.15, -0.1) is 11.3 Å². The number of hydrogen-bond acceptors (Lipinski definition) is 7. The minimum Gasteiger partial charge on any atom is -0.462 e. The maximum Gasteiger partial charge on any atom is 0.341 e. The summed E-state index contributed by atoms with van der Waals surface area (Å²) in [6.07, 6.45) is 0. The van der Waals surface area contributed by atoms with E-state index in [4.69, 9.17) is 4.74 Å². The Bertz CT molecular complexity index is 976. The summed E-state index contributed by atoms with van der Waals surface area (Å²) in [7, 11) is 0. The number of rotatable bonds is 6. The van der Waals surface area contributed by atoms with Crippen LogP contribution in [0, 0.1) is 30.9 Å². The molecule has 144 valence electrons. The number of aryl methyl sites for hydroxylation is 1. The van der Waals surface area contributed by atoms with Gasteiger partial charge in [-0.1, -0.05) is 0 Å². The quantitative estimate of drug-likeness (QED) is 0.457. The third-order valence-electron chi connectivity index (χ3n) is 4.04. The number of carbonyl (C=O) groups is 2. The number of anilines is 1. The molecule has 1 N–H and O–H groups in total. The maximum absolute atomic E-state index is 12.4. The number of nitrogens with zero attached hydrogens (tertiary/aromatic N) is 2. The molecule has 1 amide bonds. The molecule has 0 aliphatic heterocycles. The zero-order valence-electron chi connectivity index (χ0n) is 15.3. The molecule has 2 heterocycles. The second kappa shape index (κ2) is 8.12. The molecule has 0 atom stereocenters. The summed E-state index contributed by atoms with van der Waals surface area (Å²) >= 11 is 1.22. The number of nitrogens with one attached hydrogen (secondary N) is 1. The third kappa shape index (κ3) is 4.22. The van der Waals surface area contributed by atoms with Crippen molar-refractivity contribution in [3.8, 4) is 0 Å². The van der Waals surface area contributed by atoms with Crippen molar-refractivity contribution in [2.75, 3.05) is 11.9 Å². The van der Waals surface area contributed by atoms with E-state index < -0.39 is 28.9 Å². The van der Waals surface area contributed by atoms with Gasteiger partial charge in [-0.3, -0.25) is 24.3 Å². The monoisotopic (exact) mass is 393 g/mol. The van der Waals surface area contributed by atoms with Gasteiger partial charge in [-0.05, 0) is 33.3 Å². The lowest BCUT2D eigenvalue weighted by Crippen LogP contribution is -2.29. The van der Waals surface area contributed by atoms with Crippen molar-refractivity contribution in [1.82, 2.24) is 4.57 Å². The average molecular weight is 393 g/mol. The minimum absolute atomic E-state index is 0.0757. The van der Waals surface area contributed by atoms with Crippen LogP contribution in [0.3, 0.4) is 0 Å². The van der Waals surface area contributed by atoms with Gasteiger partial charge >= 0.3 is 5.97 Å². The van der Waals surface area contributed by atoms with Crippen LogP contribution in [0.25, 0.3) is 0 Å². The highest BCUT2D eigenvalue weighted by Crippen LogP contribution is 2.33. The van der Waals surface area contributed by atoms with Gasteiger partial charge in [0.1, 0.15) is 11.5 Å². The molecule has 27 heavy (non-hydrogen) atoms. The Morgan fingerprint density at radius 1 is 1.30 bits per heavy atom. The topological polar surface area (TPSA) is 121 Å². The standard InChI is InChI=1S/C17H19N3O6S/c1-5-26-17(23)15-9(2)11(4)27-16(15)18-13(21)8-19-10(3)12(20(24)25)6-7-14(19)22/h6-7H,5,8H2,1-4H3,(H,18,21). The number of carbonyl (C=O) groups excluding carboxylic acids is 2. The number of aromatic nitrogens is 1. The van der Waals surface area contributed by atoms with Crippen molar-refractivity contribution in [2.45, 2.75) is 34.2 Å². The molecule has 0 aliphatic carbocycles. The average Bonchev–Trinajstić information content (AvgIpc) is 2.85. The molecule has 0 unspecified atom stereocenters. The molecule has 2 rings (SSSR count). The van der Waals surface area contributed by atoms with Crippen molar-refractivity contribution >= 4 is 33.9 Å². The van der Waals surface area contributed by atoms with Gasteiger partial charge in [0.25, 0.3) is 11.2 Å². The smallest absolute Gasteiger partial charge is 0.341 e. The number of nitro groups is 1. The van der Waals surface area contributed by atoms with Crippen molar-refractivity contribution in [1.29, 1.82) is 0 Å². The first-order valence-electron chi connectivity index (χ1n) is 8.09. The maximum atomic E-state index is 12.4. The number of thiophene rings is 1. The van der Waals surface area contributed by atoms with E-state index in [2.05, 4.69) is 5.32 Å². The van der Waals surface area contributed by atoms with E-state index in [1.54, 1.807) is 13.8 Å². The van der Waals surface area contributed by atoms with Gasteiger partial charge in [0, 0.05) is 17.0 Å². The fourth-order valence-corrected chi connectivity index (χ4v) is 3.59. The SMILES string of the molecule is CCOC(=O)c1c(NC(=O)Cn2c(C)c([N+](=O)[O-])ccc2=O)sc(C)c1C. The second-order valence-corrected chi connectivity index (χ2v) is 6.97. The Hall–Kier alpha value is -3.01. The predicted molar refractivity (Wildman–Crippen MR) is 100 cm³/mol. The van der Waals surface area contributed by atoms with Crippen molar-refractivity contribution in [3.63, 3.8) is 0 Å². The van der Waals surface area contributed by atoms with Gasteiger partial charge in [-0.25, -0.2) is 4.79 Å². The lowest BCUT2D eigenvalue weighted by molar-refractivity contribution is -0.386. The normalized spacial score (nSPS) is 10.5. The molecule has 2 aromatic heterocycles. The second-order valence-electron chi connectivity index (χ2n) is 5.74. The highest BCUT2D eigenvalue weighted by molar-refractivity contribution is 7.16. The molecule has 0 saturated heterocycles. The van der Waals surface area contributed by atoms with E-state index in [1.165, 1.54) is 18.3 Å². The Balaban J connectivity index is 2.32. The lowest BCUT2D eigenvalue weighted by atomic mass is 10.1. The summed E-state index contributed by atoms with van der Waals surface area (Å²) in [6, 6.07) is 2.15. The van der Waals surface area contributed by atoms with Gasteiger partial charge < -0.3 is 10.1 Å². The van der Waals surface area contributed by atoms with Crippen LogP contribution >= 0.6 is 11.3 Å². The molecule has 0 aliphatic rings. The summed E-state index contributed by atoms with van der Waals surface area (Å²) in [5, 5.41) is 14.0. The number of hydrogen-bond donors (Lipinski definition) is 1. The molecule has 0 fully saturated rings. The molecular weight excluding hydrogens is 374 g/mol. The van der Waals surface area contributed by atoms with Crippen LogP contribution in [0.1, 0.15) is 33.4 Å². The van der Waals surface area contributed by atoms with Crippen LogP contribution < -0.4 is 10.9 Å². The van der Waals surface area contributed by atoms with Crippen LogP contribution in [-0.2, 0) is 16.1 Å². The number of amides is 1.